The van der Waals surface area contributed by atoms with Gasteiger partial charge in [-0.1, -0.05) is 18.2 Å². The van der Waals surface area contributed by atoms with Crippen LogP contribution in [0.1, 0.15) is 33.1 Å². The van der Waals surface area contributed by atoms with Crippen molar-refractivity contribution in [3.05, 3.63) is 30.3 Å². The molecule has 0 saturated carbocycles. The van der Waals surface area contributed by atoms with Crippen LogP contribution < -0.4 is 10.6 Å². The summed E-state index contributed by atoms with van der Waals surface area (Å²) in [4.78, 5) is 13.2. The van der Waals surface area contributed by atoms with Crippen molar-refractivity contribution < 1.29 is 9.90 Å². The molecule has 0 aliphatic carbocycles. The average molecular weight is 264 g/mol. The van der Waals surface area contributed by atoms with E-state index in [9.17, 15) is 4.79 Å². The average Bonchev–Trinajstić information content (AvgIpc) is 2.39. The van der Waals surface area contributed by atoms with Crippen molar-refractivity contribution in [1.29, 1.82) is 0 Å². The molecule has 1 atom stereocenters. The molecule has 4 nitrogen and oxygen atoms in total. The van der Waals surface area contributed by atoms with Crippen LogP contribution in [-0.4, -0.2) is 29.7 Å². The van der Waals surface area contributed by atoms with Crippen LogP contribution in [0.25, 0.3) is 0 Å². The summed E-state index contributed by atoms with van der Waals surface area (Å²) in [7, 11) is 0. The molecule has 1 aromatic rings. The fourth-order valence-corrected chi connectivity index (χ4v) is 2.01. The minimum Gasteiger partial charge on any atom is -0.480 e. The van der Waals surface area contributed by atoms with Gasteiger partial charge in [0.1, 0.15) is 5.54 Å². The Morgan fingerprint density at radius 2 is 1.95 bits per heavy atom. The van der Waals surface area contributed by atoms with E-state index in [0.717, 1.165) is 25.9 Å². The van der Waals surface area contributed by atoms with Crippen molar-refractivity contribution in [2.75, 3.05) is 18.0 Å². The highest BCUT2D eigenvalue weighted by Crippen LogP contribution is 2.16. The number of hydrogen-bond acceptors (Lipinski definition) is 3. The van der Waals surface area contributed by atoms with E-state index >= 15 is 0 Å². The SMILES string of the molecule is CCN(CCCCC(C)(N)C(=O)O)c1ccccc1. The van der Waals surface area contributed by atoms with Gasteiger partial charge in [-0.3, -0.25) is 4.79 Å². The Balaban J connectivity index is 2.38. The monoisotopic (exact) mass is 264 g/mol. The number of rotatable bonds is 8. The second-order valence-corrected chi connectivity index (χ2v) is 5.09. The Labute approximate surface area is 115 Å². The first kappa shape index (κ1) is 15.5. The van der Waals surface area contributed by atoms with Crippen molar-refractivity contribution in [3.8, 4) is 0 Å². The Morgan fingerprint density at radius 3 is 2.47 bits per heavy atom. The summed E-state index contributed by atoms with van der Waals surface area (Å²) >= 11 is 0. The van der Waals surface area contributed by atoms with E-state index in [1.165, 1.54) is 5.69 Å². The van der Waals surface area contributed by atoms with Crippen LogP contribution in [0.15, 0.2) is 30.3 Å². The molecule has 0 saturated heterocycles. The lowest BCUT2D eigenvalue weighted by atomic mass is 9.96. The molecule has 1 aromatic carbocycles. The van der Waals surface area contributed by atoms with E-state index in [4.69, 9.17) is 10.8 Å². The van der Waals surface area contributed by atoms with Crippen molar-refractivity contribution >= 4 is 11.7 Å². The highest BCUT2D eigenvalue weighted by Gasteiger charge is 2.26. The number of unbranched alkanes of at least 4 members (excludes halogenated alkanes) is 1. The molecule has 0 amide bonds. The molecule has 0 aliphatic heterocycles. The van der Waals surface area contributed by atoms with Crippen LogP contribution in [0.5, 0.6) is 0 Å². The molecular formula is C15H24N2O2. The van der Waals surface area contributed by atoms with E-state index in [0.29, 0.717) is 6.42 Å². The van der Waals surface area contributed by atoms with Gasteiger partial charge in [-0.2, -0.15) is 0 Å². The third-order valence-corrected chi connectivity index (χ3v) is 3.37. The number of nitrogens with two attached hydrogens (primary N) is 1. The van der Waals surface area contributed by atoms with E-state index in [1.54, 1.807) is 6.92 Å². The standard InChI is InChI=1S/C15H24N2O2/c1-3-17(13-9-5-4-6-10-13)12-8-7-11-15(2,16)14(18)19/h4-6,9-10H,3,7-8,11-12,16H2,1-2H3,(H,18,19). The van der Waals surface area contributed by atoms with Crippen LogP contribution in [-0.2, 0) is 4.79 Å². The molecule has 1 unspecified atom stereocenters. The van der Waals surface area contributed by atoms with Crippen LogP contribution in [0, 0.1) is 0 Å². The predicted molar refractivity (Wildman–Crippen MR) is 78.4 cm³/mol. The molecule has 0 aliphatic rings. The molecule has 0 aromatic heterocycles. The minimum absolute atomic E-state index is 0.509. The smallest absolute Gasteiger partial charge is 0.323 e. The largest absolute Gasteiger partial charge is 0.480 e. The van der Waals surface area contributed by atoms with Crippen molar-refractivity contribution in [1.82, 2.24) is 0 Å². The Kier molecular flexibility index (Phi) is 5.83. The molecule has 0 bridgehead atoms. The number of carboxylic acids is 1. The summed E-state index contributed by atoms with van der Waals surface area (Å²) in [5.74, 6) is -0.928. The zero-order valence-corrected chi connectivity index (χ0v) is 11.8. The second-order valence-electron chi connectivity index (χ2n) is 5.09. The zero-order valence-electron chi connectivity index (χ0n) is 11.8. The lowest BCUT2D eigenvalue weighted by Gasteiger charge is -2.24. The van der Waals surface area contributed by atoms with E-state index in [1.807, 2.05) is 18.2 Å². The predicted octanol–water partition coefficient (Wildman–Crippen LogP) is 2.49. The van der Waals surface area contributed by atoms with Crippen LogP contribution in [0.4, 0.5) is 5.69 Å². The van der Waals surface area contributed by atoms with Crippen LogP contribution >= 0.6 is 0 Å². The third kappa shape index (κ3) is 4.91. The number of para-hydroxylation sites is 1. The summed E-state index contributed by atoms with van der Waals surface area (Å²) in [6.07, 6.45) is 2.28. The highest BCUT2D eigenvalue weighted by atomic mass is 16.4. The fraction of sp³-hybridized carbons (Fsp3) is 0.533. The number of nitrogens with zero attached hydrogens (tertiary/aromatic N) is 1. The number of benzene rings is 1. The van der Waals surface area contributed by atoms with Gasteiger partial charge in [0.2, 0.25) is 0 Å². The van der Waals surface area contributed by atoms with Crippen LogP contribution in [0.3, 0.4) is 0 Å². The molecule has 4 heteroatoms. The van der Waals surface area contributed by atoms with Gasteiger partial charge in [0.15, 0.2) is 0 Å². The lowest BCUT2D eigenvalue weighted by Crippen LogP contribution is -2.44. The quantitative estimate of drug-likeness (QED) is 0.708. The van der Waals surface area contributed by atoms with E-state index in [2.05, 4.69) is 24.0 Å². The van der Waals surface area contributed by atoms with E-state index < -0.39 is 11.5 Å². The van der Waals surface area contributed by atoms with Gasteiger partial charge in [-0.15, -0.1) is 0 Å². The van der Waals surface area contributed by atoms with Gasteiger partial charge in [0.05, 0.1) is 0 Å². The molecule has 19 heavy (non-hydrogen) atoms. The maximum atomic E-state index is 10.9. The maximum absolute atomic E-state index is 10.9. The molecule has 0 heterocycles. The molecule has 3 N–H and O–H groups in total. The third-order valence-electron chi connectivity index (χ3n) is 3.37. The summed E-state index contributed by atoms with van der Waals surface area (Å²) in [5.41, 5.74) is 5.81. The number of anilines is 1. The topological polar surface area (TPSA) is 66.6 Å². The first-order valence-electron chi connectivity index (χ1n) is 6.79. The van der Waals surface area contributed by atoms with Gasteiger partial charge in [-0.25, -0.2) is 0 Å². The van der Waals surface area contributed by atoms with Crippen LogP contribution in [0.2, 0.25) is 0 Å². The molecule has 0 spiro atoms. The highest BCUT2D eigenvalue weighted by molar-refractivity contribution is 5.77. The van der Waals surface area contributed by atoms with E-state index in [-0.39, 0.29) is 0 Å². The van der Waals surface area contributed by atoms with Gasteiger partial charge < -0.3 is 15.7 Å². The fourth-order valence-electron chi connectivity index (χ4n) is 2.01. The van der Waals surface area contributed by atoms with Gasteiger partial charge >= 0.3 is 5.97 Å². The van der Waals surface area contributed by atoms with Gasteiger partial charge in [-0.05, 0) is 45.2 Å². The number of carbonyl (C=O) groups is 1. The minimum atomic E-state index is -1.11. The molecule has 1 rings (SSSR count). The second kappa shape index (κ2) is 7.14. The molecule has 0 radical (unpaired) electrons. The van der Waals surface area contributed by atoms with Crippen molar-refractivity contribution in [2.45, 2.75) is 38.6 Å². The normalized spacial score (nSPS) is 13.8. The zero-order chi connectivity index (χ0) is 14.3. The maximum Gasteiger partial charge on any atom is 0.323 e. The molecule has 0 fully saturated rings. The number of aliphatic carboxylic acids is 1. The Hall–Kier alpha value is -1.55. The summed E-state index contributed by atoms with van der Waals surface area (Å²) in [6, 6.07) is 10.2. The first-order chi connectivity index (χ1) is 8.97. The summed E-state index contributed by atoms with van der Waals surface area (Å²) in [5, 5.41) is 8.94. The summed E-state index contributed by atoms with van der Waals surface area (Å²) in [6.45, 7) is 5.57. The van der Waals surface area contributed by atoms with Gasteiger partial charge in [0.25, 0.3) is 0 Å². The first-order valence-corrected chi connectivity index (χ1v) is 6.79. The Morgan fingerprint density at radius 1 is 1.32 bits per heavy atom. The van der Waals surface area contributed by atoms with Crippen molar-refractivity contribution in [2.24, 2.45) is 5.73 Å². The number of hydrogen-bond donors (Lipinski definition) is 2. The lowest BCUT2D eigenvalue weighted by molar-refractivity contribution is -0.142. The Bertz CT molecular complexity index is 390. The summed E-state index contributed by atoms with van der Waals surface area (Å²) < 4.78 is 0. The van der Waals surface area contributed by atoms with Crippen molar-refractivity contribution in [3.63, 3.8) is 0 Å². The molecule has 106 valence electrons. The molecular weight excluding hydrogens is 240 g/mol. The van der Waals surface area contributed by atoms with Gasteiger partial charge in [0, 0.05) is 18.8 Å². The number of carboxylic acid groups (broad SMARTS) is 1.